The maximum absolute atomic E-state index is 2.56. The Kier molecular flexibility index (Phi) is 10.4. The molecule has 1 aliphatic carbocycles. The Balaban J connectivity index is 0.902. The Hall–Kier alpha value is -9.50. The summed E-state index contributed by atoms with van der Waals surface area (Å²) in [5.41, 5.74) is 20.0. The Morgan fingerprint density at radius 2 is 0.649 bits per heavy atom. The first-order valence-electron chi connectivity index (χ1n) is 27.3. The summed E-state index contributed by atoms with van der Waals surface area (Å²) in [5.74, 6) is 0. The first-order chi connectivity index (χ1) is 38.1. The largest absolute Gasteiger partial charge is 0.310 e. The van der Waals surface area contributed by atoms with Crippen LogP contribution in [0.2, 0.25) is 0 Å². The number of anilines is 3. The molecule has 15 rings (SSSR count). The molecule has 1 aliphatic rings. The van der Waals surface area contributed by atoms with Crippen molar-refractivity contribution in [2.24, 2.45) is 0 Å². The van der Waals surface area contributed by atoms with E-state index in [0.29, 0.717) is 0 Å². The molecule has 1 aromatic heterocycles. The predicted octanol–water partition coefficient (Wildman–Crippen LogP) is 21.0. The van der Waals surface area contributed by atoms with Gasteiger partial charge in [-0.2, -0.15) is 0 Å². The summed E-state index contributed by atoms with van der Waals surface area (Å²) in [6.45, 7) is 4.77. The molecule has 0 N–H and O–H groups in total. The van der Waals surface area contributed by atoms with Crippen molar-refractivity contribution >= 4 is 82.0 Å². The highest BCUT2D eigenvalue weighted by Crippen LogP contribution is 2.57. The van der Waals surface area contributed by atoms with Crippen LogP contribution in [0.3, 0.4) is 0 Å². The van der Waals surface area contributed by atoms with Gasteiger partial charge in [-0.1, -0.05) is 214 Å². The molecule has 0 fully saturated rings. The van der Waals surface area contributed by atoms with Crippen LogP contribution < -0.4 is 4.90 Å². The minimum Gasteiger partial charge on any atom is -0.310 e. The quantitative estimate of drug-likeness (QED) is 0.131. The van der Waals surface area contributed by atoms with Crippen LogP contribution in [0, 0.1) is 0 Å². The molecule has 0 radical (unpaired) electrons. The van der Waals surface area contributed by atoms with Crippen LogP contribution in [0.15, 0.2) is 267 Å². The Morgan fingerprint density at radius 3 is 1.09 bits per heavy atom. The van der Waals surface area contributed by atoms with Gasteiger partial charge in [-0.25, -0.2) is 0 Å². The second-order valence-corrected chi connectivity index (χ2v) is 20.9. The van der Waals surface area contributed by atoms with Crippen LogP contribution >= 0.6 is 0 Å². The van der Waals surface area contributed by atoms with E-state index < -0.39 is 0 Å². The molecule has 0 saturated carbocycles. The van der Waals surface area contributed by atoms with Crippen molar-refractivity contribution in [3.05, 3.63) is 278 Å². The average molecular weight is 983 g/mol. The molecule has 0 saturated heterocycles. The zero-order valence-electron chi connectivity index (χ0n) is 43.2. The highest BCUT2D eigenvalue weighted by atomic mass is 15.1. The summed E-state index contributed by atoms with van der Waals surface area (Å²) in [7, 11) is 0. The number of hydrogen-bond donors (Lipinski definition) is 0. The lowest BCUT2D eigenvalue weighted by molar-refractivity contribution is 0.490. The maximum atomic E-state index is 2.56. The molecule has 0 amide bonds. The fourth-order valence-electron chi connectivity index (χ4n) is 13.8. The zero-order valence-corrected chi connectivity index (χ0v) is 43.2. The SMILES string of the molecule is CCC1(CC)c2cc(-c3c4ccccc4c(-c4c5ccccc5c(-c5ccc(-n6c7ccccc7c7ccccc76)cc5)c5ccccc45)c4ccccc34)ccc2-c2ccc(N(c3ccccc3)c3ccccc3)cc21. The first-order valence-corrected chi connectivity index (χ1v) is 27.3. The molecule has 2 nitrogen and oxygen atoms in total. The number of rotatable bonds is 9. The van der Waals surface area contributed by atoms with E-state index in [9.17, 15) is 0 Å². The topological polar surface area (TPSA) is 8.17 Å². The fraction of sp³-hybridized carbons (Fsp3) is 0.0667. The van der Waals surface area contributed by atoms with Crippen LogP contribution in [-0.4, -0.2) is 4.57 Å². The molecule has 0 bridgehead atoms. The maximum Gasteiger partial charge on any atom is 0.0541 e. The van der Waals surface area contributed by atoms with Gasteiger partial charge in [-0.15, -0.1) is 0 Å². The smallest absolute Gasteiger partial charge is 0.0541 e. The minimum atomic E-state index is -0.161. The van der Waals surface area contributed by atoms with Crippen molar-refractivity contribution in [3.63, 3.8) is 0 Å². The van der Waals surface area contributed by atoms with Gasteiger partial charge in [-0.05, 0) is 178 Å². The number of fused-ring (bicyclic) bond motifs is 10. The van der Waals surface area contributed by atoms with Crippen molar-refractivity contribution in [2.75, 3.05) is 4.90 Å². The molecular formula is C75H54N2. The minimum absolute atomic E-state index is 0.161. The van der Waals surface area contributed by atoms with E-state index in [1.807, 2.05) is 0 Å². The Bertz CT molecular complexity index is 4430. The third-order valence-electron chi connectivity index (χ3n) is 17.2. The molecule has 364 valence electrons. The van der Waals surface area contributed by atoms with E-state index in [0.717, 1.165) is 29.9 Å². The first kappa shape index (κ1) is 44.9. The summed E-state index contributed by atoms with van der Waals surface area (Å²) in [6.07, 6.45) is 1.99. The third-order valence-corrected chi connectivity index (χ3v) is 17.2. The molecule has 13 aromatic carbocycles. The predicted molar refractivity (Wildman–Crippen MR) is 329 cm³/mol. The Labute approximate surface area is 449 Å². The summed E-state index contributed by atoms with van der Waals surface area (Å²) >= 11 is 0. The van der Waals surface area contributed by atoms with Crippen molar-refractivity contribution in [1.29, 1.82) is 0 Å². The van der Waals surface area contributed by atoms with Gasteiger partial charge >= 0.3 is 0 Å². The monoisotopic (exact) mass is 982 g/mol. The van der Waals surface area contributed by atoms with Crippen molar-refractivity contribution in [3.8, 4) is 50.2 Å². The molecule has 1 heterocycles. The van der Waals surface area contributed by atoms with Crippen molar-refractivity contribution in [1.82, 2.24) is 4.57 Å². The lowest BCUT2D eigenvalue weighted by Gasteiger charge is -2.32. The second-order valence-electron chi connectivity index (χ2n) is 20.9. The normalized spacial score (nSPS) is 12.8. The van der Waals surface area contributed by atoms with Crippen LogP contribution in [0.4, 0.5) is 17.1 Å². The lowest BCUT2D eigenvalue weighted by atomic mass is 9.73. The molecule has 0 unspecified atom stereocenters. The number of nitrogens with zero attached hydrogens (tertiary/aromatic N) is 2. The molecule has 0 spiro atoms. The number of benzene rings is 13. The van der Waals surface area contributed by atoms with Gasteiger partial charge in [0.05, 0.1) is 11.0 Å². The van der Waals surface area contributed by atoms with E-state index in [-0.39, 0.29) is 5.41 Å². The molecule has 14 aromatic rings. The van der Waals surface area contributed by atoms with E-state index in [1.165, 1.54) is 126 Å². The third kappa shape index (κ3) is 6.75. The Morgan fingerprint density at radius 1 is 0.299 bits per heavy atom. The van der Waals surface area contributed by atoms with Gasteiger partial charge in [0.15, 0.2) is 0 Å². The summed E-state index contributed by atoms with van der Waals surface area (Å²) in [4.78, 5) is 2.40. The van der Waals surface area contributed by atoms with Crippen LogP contribution in [0.1, 0.15) is 37.8 Å². The molecule has 0 aliphatic heterocycles. The van der Waals surface area contributed by atoms with Crippen LogP contribution in [-0.2, 0) is 5.41 Å². The molecular weight excluding hydrogens is 929 g/mol. The number of hydrogen-bond acceptors (Lipinski definition) is 1. The lowest BCUT2D eigenvalue weighted by Crippen LogP contribution is -2.23. The van der Waals surface area contributed by atoms with Crippen LogP contribution in [0.25, 0.3) is 115 Å². The molecule has 77 heavy (non-hydrogen) atoms. The van der Waals surface area contributed by atoms with Crippen LogP contribution in [0.5, 0.6) is 0 Å². The second kappa shape index (κ2) is 17.8. The molecule has 0 atom stereocenters. The summed E-state index contributed by atoms with van der Waals surface area (Å²) in [5, 5.41) is 12.6. The van der Waals surface area contributed by atoms with Gasteiger partial charge in [-0.3, -0.25) is 0 Å². The highest BCUT2D eigenvalue weighted by Gasteiger charge is 2.41. The van der Waals surface area contributed by atoms with Gasteiger partial charge in [0.2, 0.25) is 0 Å². The summed E-state index contributed by atoms with van der Waals surface area (Å²) in [6, 6.07) is 99.5. The number of para-hydroxylation sites is 4. The van der Waals surface area contributed by atoms with E-state index >= 15 is 0 Å². The standard InChI is InChI=1S/C75H54N2/c1-3-75(4-2)67-47-50(41-45-55(67)56-46-44-54(48-68(56)75)76(51-23-7-5-8-24-51)52-25-9-6-10-26-52)72-61-31-13-17-35-65(61)74(66-36-18-14-32-62(66)72)73-63-33-15-11-29-59(63)71(60-30-12-16-34-64(60)73)49-39-42-53(43-40-49)77-69-37-21-19-27-57(69)58-28-20-22-38-70(58)77/h5-48H,3-4H2,1-2H3. The average Bonchev–Trinajstić information content (AvgIpc) is 4.11. The van der Waals surface area contributed by atoms with Crippen molar-refractivity contribution < 1.29 is 0 Å². The van der Waals surface area contributed by atoms with Gasteiger partial charge in [0.25, 0.3) is 0 Å². The molecule has 2 heteroatoms. The summed E-state index contributed by atoms with van der Waals surface area (Å²) < 4.78 is 2.40. The highest BCUT2D eigenvalue weighted by molar-refractivity contribution is 6.30. The van der Waals surface area contributed by atoms with Gasteiger partial charge in [0, 0.05) is 38.9 Å². The van der Waals surface area contributed by atoms with Crippen molar-refractivity contribution in [2.45, 2.75) is 32.1 Å². The number of aromatic nitrogens is 1. The van der Waals surface area contributed by atoms with Gasteiger partial charge < -0.3 is 9.47 Å². The van der Waals surface area contributed by atoms with Gasteiger partial charge in [0.1, 0.15) is 0 Å². The van der Waals surface area contributed by atoms with E-state index in [2.05, 4.69) is 290 Å². The zero-order chi connectivity index (χ0) is 51.2. The van der Waals surface area contributed by atoms with E-state index in [1.54, 1.807) is 0 Å². The fourth-order valence-corrected chi connectivity index (χ4v) is 13.8. The van der Waals surface area contributed by atoms with E-state index in [4.69, 9.17) is 0 Å².